The molecule has 0 aliphatic rings. The molecule has 1 nitrogen and oxygen atoms in total. The van der Waals surface area contributed by atoms with Gasteiger partial charge < -0.3 is 0 Å². The van der Waals surface area contributed by atoms with Crippen LogP contribution in [0.25, 0.3) is 0 Å². The fourth-order valence-electron chi connectivity index (χ4n) is 1.25. The van der Waals surface area contributed by atoms with Crippen molar-refractivity contribution < 1.29 is 0 Å². The Bertz CT molecular complexity index is 339. The van der Waals surface area contributed by atoms with E-state index >= 15 is 0 Å². The van der Waals surface area contributed by atoms with Crippen LogP contribution in [0.3, 0.4) is 0 Å². The lowest BCUT2D eigenvalue weighted by Crippen LogP contribution is -1.87. The summed E-state index contributed by atoms with van der Waals surface area (Å²) in [5.41, 5.74) is 2.02. The average Bonchev–Trinajstić information content (AvgIpc) is 2.20. The van der Waals surface area contributed by atoms with E-state index in [9.17, 15) is 0 Å². The van der Waals surface area contributed by atoms with Crippen LogP contribution < -0.4 is 0 Å². The average molecular weight is 205 g/mol. The third-order valence-corrected chi connectivity index (χ3v) is 3.40. The van der Waals surface area contributed by atoms with Crippen molar-refractivity contribution in [2.24, 2.45) is 0 Å². The summed E-state index contributed by atoms with van der Waals surface area (Å²) in [7, 11) is 0. The Kier molecular flexibility index (Phi) is 4.55. The van der Waals surface area contributed by atoms with Gasteiger partial charge in [0.1, 0.15) is 6.07 Å². The molecule has 0 aliphatic heterocycles. The number of hydrogen-bond acceptors (Lipinski definition) is 2. The van der Waals surface area contributed by atoms with Gasteiger partial charge in [0, 0.05) is 4.90 Å². The number of hydrogen-bond donors (Lipinski definition) is 0. The van der Waals surface area contributed by atoms with Crippen LogP contribution in [0, 0.1) is 18.3 Å². The Labute approximate surface area is 90.1 Å². The second-order valence-corrected chi connectivity index (χ2v) is 4.37. The van der Waals surface area contributed by atoms with E-state index in [4.69, 9.17) is 5.26 Å². The molecule has 1 rings (SSSR count). The van der Waals surface area contributed by atoms with Crippen LogP contribution in [0.4, 0.5) is 0 Å². The molecule has 2 heteroatoms. The number of aryl methyl sites for hydroxylation is 1. The van der Waals surface area contributed by atoms with E-state index in [1.54, 1.807) is 11.8 Å². The summed E-state index contributed by atoms with van der Waals surface area (Å²) < 4.78 is 0. The monoisotopic (exact) mass is 205 g/mol. The molecule has 0 N–H and O–H groups in total. The van der Waals surface area contributed by atoms with Crippen molar-refractivity contribution in [2.75, 3.05) is 5.75 Å². The summed E-state index contributed by atoms with van der Waals surface area (Å²) >= 11 is 1.80. The first-order valence-electron chi connectivity index (χ1n) is 4.92. The van der Waals surface area contributed by atoms with E-state index in [2.05, 4.69) is 26.0 Å². The number of nitriles is 1. The lowest BCUT2D eigenvalue weighted by molar-refractivity contribution is 0.896. The number of thioether (sulfide) groups is 1. The standard InChI is InChI=1S/C12H15NS/c1-3-4-8-14-12-10(2)6-5-7-11(12)9-13/h5-7H,3-4,8H2,1-2H3. The van der Waals surface area contributed by atoms with E-state index in [1.165, 1.54) is 18.4 Å². The minimum Gasteiger partial charge on any atom is -0.192 e. The Balaban J connectivity index is 2.78. The molecular formula is C12H15NS. The molecule has 0 amide bonds. The Morgan fingerprint density at radius 1 is 1.43 bits per heavy atom. The summed E-state index contributed by atoms with van der Waals surface area (Å²) in [4.78, 5) is 1.16. The highest BCUT2D eigenvalue weighted by Gasteiger charge is 2.04. The third-order valence-electron chi connectivity index (χ3n) is 2.08. The summed E-state index contributed by atoms with van der Waals surface area (Å²) in [6.45, 7) is 4.25. The molecule has 0 fully saturated rings. The number of benzene rings is 1. The van der Waals surface area contributed by atoms with Crippen molar-refractivity contribution in [3.05, 3.63) is 29.3 Å². The van der Waals surface area contributed by atoms with Gasteiger partial charge >= 0.3 is 0 Å². The van der Waals surface area contributed by atoms with Crippen molar-refractivity contribution in [3.63, 3.8) is 0 Å². The van der Waals surface area contributed by atoms with Gasteiger partial charge in [-0.25, -0.2) is 0 Å². The topological polar surface area (TPSA) is 23.8 Å². The maximum Gasteiger partial charge on any atom is 0.100 e. The van der Waals surface area contributed by atoms with Crippen LogP contribution in [-0.4, -0.2) is 5.75 Å². The SMILES string of the molecule is CCCCSc1c(C)cccc1C#N. The molecule has 0 bridgehead atoms. The lowest BCUT2D eigenvalue weighted by atomic mass is 10.1. The molecular weight excluding hydrogens is 190 g/mol. The van der Waals surface area contributed by atoms with Crippen molar-refractivity contribution >= 4 is 11.8 Å². The molecule has 0 spiro atoms. The maximum atomic E-state index is 8.94. The normalized spacial score (nSPS) is 9.79. The zero-order valence-corrected chi connectivity index (χ0v) is 9.53. The van der Waals surface area contributed by atoms with Gasteiger partial charge in [-0.2, -0.15) is 5.26 Å². The van der Waals surface area contributed by atoms with Crippen molar-refractivity contribution in [3.8, 4) is 6.07 Å². The summed E-state index contributed by atoms with van der Waals surface area (Å²) in [5, 5.41) is 8.94. The highest BCUT2D eigenvalue weighted by atomic mass is 32.2. The van der Waals surface area contributed by atoms with Crippen molar-refractivity contribution in [1.29, 1.82) is 5.26 Å². The fraction of sp³-hybridized carbons (Fsp3) is 0.417. The predicted molar refractivity (Wildman–Crippen MR) is 61.5 cm³/mol. The first-order valence-corrected chi connectivity index (χ1v) is 5.90. The highest BCUT2D eigenvalue weighted by molar-refractivity contribution is 7.99. The maximum absolute atomic E-state index is 8.94. The molecule has 14 heavy (non-hydrogen) atoms. The zero-order valence-electron chi connectivity index (χ0n) is 8.71. The van der Waals surface area contributed by atoms with Gasteiger partial charge in [-0.1, -0.05) is 25.5 Å². The van der Waals surface area contributed by atoms with Gasteiger partial charge in [0.05, 0.1) is 5.56 Å². The molecule has 0 saturated heterocycles. The second kappa shape index (κ2) is 5.72. The van der Waals surface area contributed by atoms with E-state index < -0.39 is 0 Å². The van der Waals surface area contributed by atoms with Gasteiger partial charge in [0.25, 0.3) is 0 Å². The van der Waals surface area contributed by atoms with Gasteiger partial charge in [-0.05, 0) is 30.7 Å². The number of nitrogens with zero attached hydrogens (tertiary/aromatic N) is 1. The minimum atomic E-state index is 0.811. The van der Waals surface area contributed by atoms with Crippen LogP contribution in [0.1, 0.15) is 30.9 Å². The van der Waals surface area contributed by atoms with E-state index in [-0.39, 0.29) is 0 Å². The quantitative estimate of drug-likeness (QED) is 0.552. The first kappa shape index (κ1) is 11.1. The number of rotatable bonds is 4. The highest BCUT2D eigenvalue weighted by Crippen LogP contribution is 2.26. The molecule has 0 saturated carbocycles. The Morgan fingerprint density at radius 3 is 2.86 bits per heavy atom. The summed E-state index contributed by atoms with van der Waals surface area (Å²) in [6.07, 6.45) is 2.42. The van der Waals surface area contributed by atoms with Crippen LogP contribution in [0.15, 0.2) is 23.1 Å². The van der Waals surface area contributed by atoms with Gasteiger partial charge in [0.2, 0.25) is 0 Å². The van der Waals surface area contributed by atoms with Crippen LogP contribution in [-0.2, 0) is 0 Å². The summed E-state index contributed by atoms with van der Waals surface area (Å²) in [6, 6.07) is 8.14. The first-order chi connectivity index (χ1) is 6.79. The Morgan fingerprint density at radius 2 is 2.21 bits per heavy atom. The zero-order chi connectivity index (χ0) is 10.4. The molecule has 74 valence electrons. The van der Waals surface area contributed by atoms with E-state index in [0.717, 1.165) is 16.2 Å². The molecule has 0 radical (unpaired) electrons. The van der Waals surface area contributed by atoms with Crippen LogP contribution in [0.2, 0.25) is 0 Å². The molecule has 0 aromatic heterocycles. The van der Waals surface area contributed by atoms with Crippen molar-refractivity contribution in [2.45, 2.75) is 31.6 Å². The Hall–Kier alpha value is -0.940. The summed E-state index contributed by atoms with van der Waals surface area (Å²) in [5.74, 6) is 1.11. The largest absolute Gasteiger partial charge is 0.192 e. The van der Waals surface area contributed by atoms with Gasteiger partial charge in [0.15, 0.2) is 0 Å². The molecule has 1 aromatic rings. The molecule has 0 atom stereocenters. The second-order valence-electron chi connectivity index (χ2n) is 3.27. The molecule has 0 unspecified atom stereocenters. The third kappa shape index (κ3) is 2.78. The lowest BCUT2D eigenvalue weighted by Gasteiger charge is -2.06. The van der Waals surface area contributed by atoms with Gasteiger partial charge in [-0.3, -0.25) is 0 Å². The van der Waals surface area contributed by atoms with Crippen LogP contribution in [0.5, 0.6) is 0 Å². The van der Waals surface area contributed by atoms with Crippen molar-refractivity contribution in [1.82, 2.24) is 0 Å². The van der Waals surface area contributed by atoms with E-state index in [0.29, 0.717) is 0 Å². The predicted octanol–water partition coefficient (Wildman–Crippen LogP) is 3.76. The molecule has 1 aromatic carbocycles. The minimum absolute atomic E-state index is 0.811. The van der Waals surface area contributed by atoms with Crippen LogP contribution >= 0.6 is 11.8 Å². The van der Waals surface area contributed by atoms with Gasteiger partial charge in [-0.15, -0.1) is 11.8 Å². The number of unbranched alkanes of at least 4 members (excludes halogenated alkanes) is 1. The smallest absolute Gasteiger partial charge is 0.100 e. The molecule has 0 aliphatic carbocycles. The molecule has 0 heterocycles. The fourth-order valence-corrected chi connectivity index (χ4v) is 2.45. The van der Waals surface area contributed by atoms with E-state index in [1.807, 2.05) is 12.1 Å².